The lowest BCUT2D eigenvalue weighted by Crippen LogP contribution is -2.16. The third-order valence-corrected chi connectivity index (χ3v) is 5.61. The molecule has 0 saturated carbocycles. The van der Waals surface area contributed by atoms with Gasteiger partial charge in [-0.1, -0.05) is 41.9 Å². The highest BCUT2D eigenvalue weighted by Gasteiger charge is 2.19. The third kappa shape index (κ3) is 4.13. The Balaban J connectivity index is 1.80. The minimum Gasteiger partial charge on any atom is -0.335 e. The molecular weight excluding hydrogens is 415 g/mol. The van der Waals surface area contributed by atoms with Gasteiger partial charge in [0.2, 0.25) is 0 Å². The number of hydrogen-bond donors (Lipinski definition) is 2. The lowest BCUT2D eigenvalue weighted by Gasteiger charge is -2.14. The zero-order chi connectivity index (χ0) is 20.4. The van der Waals surface area contributed by atoms with Crippen molar-refractivity contribution >= 4 is 50.0 Å². The first kappa shape index (κ1) is 19.1. The summed E-state index contributed by atoms with van der Waals surface area (Å²) < 4.78 is 42.2. The summed E-state index contributed by atoms with van der Waals surface area (Å²) in [6.07, 6.45) is 0. The molecule has 0 unspecified atom stereocenters. The summed E-state index contributed by atoms with van der Waals surface area (Å²) in [6.45, 7) is 0. The molecule has 146 valence electrons. The summed E-state index contributed by atoms with van der Waals surface area (Å²) in [4.78, 5) is 8.75. The van der Waals surface area contributed by atoms with Crippen LogP contribution in [0.15, 0.2) is 77.7 Å². The van der Waals surface area contributed by atoms with E-state index in [1.807, 2.05) is 0 Å². The van der Waals surface area contributed by atoms with Crippen molar-refractivity contribution in [3.8, 4) is 0 Å². The normalized spacial score (nSPS) is 11.4. The second-order valence-electron chi connectivity index (χ2n) is 6.08. The molecule has 4 aromatic rings. The molecule has 0 radical (unpaired) electrons. The van der Waals surface area contributed by atoms with Crippen LogP contribution in [0.3, 0.4) is 0 Å². The Kier molecular flexibility index (Phi) is 5.04. The molecule has 29 heavy (non-hydrogen) atoms. The van der Waals surface area contributed by atoms with Gasteiger partial charge in [-0.25, -0.2) is 22.8 Å². The van der Waals surface area contributed by atoms with Crippen LogP contribution in [0, 0.1) is 5.82 Å². The van der Waals surface area contributed by atoms with Crippen molar-refractivity contribution in [2.75, 3.05) is 10.0 Å². The Morgan fingerprint density at radius 2 is 1.48 bits per heavy atom. The number of hydrogen-bond acceptors (Lipinski definition) is 5. The minimum atomic E-state index is -4.00. The Morgan fingerprint density at radius 1 is 0.828 bits per heavy atom. The number of anilines is 3. The van der Waals surface area contributed by atoms with Crippen LogP contribution < -0.4 is 10.0 Å². The molecule has 0 aliphatic rings. The maximum absolute atomic E-state index is 14.1. The monoisotopic (exact) mass is 428 g/mol. The third-order valence-electron chi connectivity index (χ3n) is 4.03. The second-order valence-corrected chi connectivity index (χ2v) is 8.20. The van der Waals surface area contributed by atoms with Crippen molar-refractivity contribution in [1.29, 1.82) is 0 Å². The van der Waals surface area contributed by atoms with Crippen LogP contribution in [0.4, 0.5) is 21.7 Å². The van der Waals surface area contributed by atoms with Crippen molar-refractivity contribution in [3.63, 3.8) is 0 Å². The van der Waals surface area contributed by atoms with Gasteiger partial charge in [-0.15, -0.1) is 0 Å². The van der Waals surface area contributed by atoms with Gasteiger partial charge >= 0.3 is 0 Å². The summed E-state index contributed by atoms with van der Waals surface area (Å²) in [6, 6.07) is 18.8. The largest absolute Gasteiger partial charge is 0.335 e. The van der Waals surface area contributed by atoms with Gasteiger partial charge in [-0.2, -0.15) is 0 Å². The topological polar surface area (TPSA) is 84.0 Å². The van der Waals surface area contributed by atoms with Crippen molar-refractivity contribution < 1.29 is 12.8 Å². The quantitative estimate of drug-likeness (QED) is 0.469. The van der Waals surface area contributed by atoms with Crippen molar-refractivity contribution in [2.45, 2.75) is 4.90 Å². The van der Waals surface area contributed by atoms with E-state index in [2.05, 4.69) is 20.0 Å². The van der Waals surface area contributed by atoms with Gasteiger partial charge in [0.15, 0.2) is 11.6 Å². The first-order chi connectivity index (χ1) is 13.9. The first-order valence-corrected chi connectivity index (χ1v) is 10.4. The van der Waals surface area contributed by atoms with Crippen molar-refractivity contribution in [2.24, 2.45) is 0 Å². The number of para-hydroxylation sites is 3. The summed E-state index contributed by atoms with van der Waals surface area (Å²) in [5.41, 5.74) is 1.15. The van der Waals surface area contributed by atoms with E-state index in [4.69, 9.17) is 11.6 Å². The average molecular weight is 429 g/mol. The zero-order valence-corrected chi connectivity index (χ0v) is 16.4. The molecule has 0 aliphatic heterocycles. The van der Waals surface area contributed by atoms with Crippen LogP contribution in [0.2, 0.25) is 5.02 Å². The molecule has 0 saturated heterocycles. The highest BCUT2D eigenvalue weighted by Crippen LogP contribution is 2.28. The Hall–Kier alpha value is -3.23. The smallest absolute Gasteiger partial charge is 0.263 e. The fourth-order valence-corrected chi connectivity index (χ4v) is 3.98. The van der Waals surface area contributed by atoms with Crippen LogP contribution >= 0.6 is 11.6 Å². The van der Waals surface area contributed by atoms with E-state index in [0.717, 1.165) is 0 Å². The molecule has 0 bridgehead atoms. The van der Waals surface area contributed by atoms with Crippen LogP contribution in [0.25, 0.3) is 11.0 Å². The molecule has 6 nitrogen and oxygen atoms in total. The van der Waals surface area contributed by atoms with E-state index in [0.29, 0.717) is 11.0 Å². The standard InChI is InChI=1S/C20H14ClFN4O2S/c21-13-6-5-7-14(12-13)29(27,28)26-20-19(23-16-9-2-1-8-15(16)22)24-17-10-3-4-11-18(17)25-20/h1-12H,(H,23,24)(H,25,26). The van der Waals surface area contributed by atoms with Crippen LogP contribution in [-0.4, -0.2) is 18.4 Å². The lowest BCUT2D eigenvalue weighted by atomic mass is 10.3. The molecule has 2 N–H and O–H groups in total. The van der Waals surface area contributed by atoms with E-state index in [1.54, 1.807) is 42.5 Å². The molecule has 1 aromatic heterocycles. The number of aromatic nitrogens is 2. The number of halogens is 2. The maximum Gasteiger partial charge on any atom is 0.263 e. The van der Waals surface area contributed by atoms with E-state index in [9.17, 15) is 12.8 Å². The molecule has 0 atom stereocenters. The van der Waals surface area contributed by atoms with Gasteiger partial charge < -0.3 is 5.32 Å². The van der Waals surface area contributed by atoms with E-state index in [-0.39, 0.29) is 27.2 Å². The SMILES string of the molecule is O=S(=O)(Nc1nc2ccccc2nc1Nc1ccccc1F)c1cccc(Cl)c1. The maximum atomic E-state index is 14.1. The summed E-state index contributed by atoms with van der Waals surface area (Å²) >= 11 is 5.91. The average Bonchev–Trinajstić information content (AvgIpc) is 2.70. The van der Waals surface area contributed by atoms with Crippen molar-refractivity contribution in [3.05, 3.63) is 83.6 Å². The summed E-state index contributed by atoms with van der Waals surface area (Å²) in [5, 5.41) is 3.10. The van der Waals surface area contributed by atoms with Gasteiger partial charge in [0, 0.05) is 5.02 Å². The molecular formula is C20H14ClFN4O2S. The van der Waals surface area contributed by atoms with Gasteiger partial charge in [0.25, 0.3) is 10.0 Å². The summed E-state index contributed by atoms with van der Waals surface area (Å²) in [5.74, 6) is -0.502. The first-order valence-electron chi connectivity index (χ1n) is 8.49. The molecule has 0 spiro atoms. The number of sulfonamides is 1. The Bertz CT molecular complexity index is 1310. The van der Waals surface area contributed by atoms with E-state index < -0.39 is 15.8 Å². The molecule has 4 rings (SSSR count). The predicted molar refractivity (Wildman–Crippen MR) is 111 cm³/mol. The number of rotatable bonds is 5. The van der Waals surface area contributed by atoms with Crippen LogP contribution in [0.5, 0.6) is 0 Å². The number of nitrogens with one attached hydrogen (secondary N) is 2. The molecule has 9 heteroatoms. The van der Waals surface area contributed by atoms with Crippen LogP contribution in [-0.2, 0) is 10.0 Å². The molecule has 0 amide bonds. The van der Waals surface area contributed by atoms with Gasteiger partial charge in [-0.3, -0.25) is 4.72 Å². The molecule has 0 aliphatic carbocycles. The van der Waals surface area contributed by atoms with Gasteiger partial charge in [0.1, 0.15) is 5.82 Å². The molecule has 0 fully saturated rings. The highest BCUT2D eigenvalue weighted by molar-refractivity contribution is 7.92. The lowest BCUT2D eigenvalue weighted by molar-refractivity contribution is 0.601. The fraction of sp³-hybridized carbons (Fsp3) is 0. The zero-order valence-electron chi connectivity index (χ0n) is 14.8. The minimum absolute atomic E-state index is 0.0307. The fourth-order valence-electron chi connectivity index (χ4n) is 2.67. The predicted octanol–water partition coefficient (Wildman–Crippen LogP) is 4.97. The molecule has 3 aromatic carbocycles. The van der Waals surface area contributed by atoms with Crippen molar-refractivity contribution in [1.82, 2.24) is 9.97 Å². The summed E-state index contributed by atoms with van der Waals surface area (Å²) in [7, 11) is -4.00. The second kappa shape index (κ2) is 7.65. The van der Waals surface area contributed by atoms with E-state index in [1.165, 1.54) is 30.3 Å². The number of fused-ring (bicyclic) bond motifs is 1. The highest BCUT2D eigenvalue weighted by atomic mass is 35.5. The van der Waals surface area contributed by atoms with Gasteiger partial charge in [0.05, 0.1) is 21.6 Å². The Labute approximate surface area is 171 Å². The van der Waals surface area contributed by atoms with E-state index >= 15 is 0 Å². The number of benzene rings is 3. The Morgan fingerprint density at radius 3 is 2.17 bits per heavy atom. The van der Waals surface area contributed by atoms with Crippen LogP contribution in [0.1, 0.15) is 0 Å². The number of nitrogens with zero attached hydrogens (tertiary/aromatic N) is 2. The van der Waals surface area contributed by atoms with Gasteiger partial charge in [-0.05, 0) is 42.5 Å². The molecule has 1 heterocycles.